The smallest absolute Gasteiger partial charge is 0.267 e. The molecule has 0 radical (unpaired) electrons. The maximum Gasteiger partial charge on any atom is 0.281 e. The van der Waals surface area contributed by atoms with Gasteiger partial charge in [-0.25, -0.2) is 16.8 Å². The Morgan fingerprint density at radius 2 is 1.00 bits per heavy atom. The Kier molecular flexibility index (Phi) is 7.13. The first kappa shape index (κ1) is 16.9. The third kappa shape index (κ3) is 5.76. The summed E-state index contributed by atoms with van der Waals surface area (Å²) in [5.74, 6) is -1.08. The van der Waals surface area contributed by atoms with Gasteiger partial charge in [-0.1, -0.05) is 54.6 Å². The Morgan fingerprint density at radius 3 is 1.33 bits per heavy atom. The zero-order valence-electron chi connectivity index (χ0n) is 10.7. The fourth-order valence-electron chi connectivity index (χ4n) is 1.29. The second-order valence-electron chi connectivity index (χ2n) is 3.59. The zero-order chi connectivity index (χ0) is 15.7. The van der Waals surface area contributed by atoms with Crippen LogP contribution in [0.4, 0.5) is 0 Å². The molecule has 0 aromatic heterocycles. The van der Waals surface area contributed by atoms with E-state index in [4.69, 9.17) is 0 Å². The predicted octanol–water partition coefficient (Wildman–Crippen LogP) is 0.868. The number of amides is 1. The summed E-state index contributed by atoms with van der Waals surface area (Å²) in [7, 11) is -6.96. The van der Waals surface area contributed by atoms with E-state index >= 15 is 0 Å². The number of nitrogens with zero attached hydrogens (tertiary/aromatic N) is 1. The van der Waals surface area contributed by atoms with Crippen molar-refractivity contribution in [2.75, 3.05) is 0 Å². The van der Waals surface area contributed by atoms with Gasteiger partial charge >= 0.3 is 0 Å². The molecule has 0 heterocycles. The van der Waals surface area contributed by atoms with E-state index in [9.17, 15) is 21.6 Å². The molecule has 0 saturated carbocycles. The van der Waals surface area contributed by atoms with Crippen molar-refractivity contribution in [3.05, 3.63) is 72.3 Å². The molecule has 0 aliphatic heterocycles. The van der Waals surface area contributed by atoms with Crippen LogP contribution in [0.1, 0.15) is 10.4 Å². The maximum absolute atomic E-state index is 11.4. The first-order valence-corrected chi connectivity index (χ1v) is 7.98. The molecule has 0 saturated heterocycles. The molecule has 0 N–H and O–H groups in total. The van der Waals surface area contributed by atoms with Gasteiger partial charge in [0.1, 0.15) is 0 Å². The molecule has 0 aliphatic rings. The second kappa shape index (κ2) is 8.88. The molecule has 2 aromatic rings. The molecule has 1 amide bonds. The van der Waals surface area contributed by atoms with Crippen LogP contribution in [0.25, 0.3) is 0 Å². The Labute approximate surface area is 125 Å². The van der Waals surface area contributed by atoms with Crippen LogP contribution < -0.4 is 0 Å². The molecule has 2 rings (SSSR count). The molecule has 2 aromatic carbocycles. The number of hydrogen-bond donors (Lipinski definition) is 2. The van der Waals surface area contributed by atoms with Gasteiger partial charge in [0.05, 0.1) is 0 Å². The number of carbonyl (C=O) groups is 1. The van der Waals surface area contributed by atoms with Crippen molar-refractivity contribution in [3.63, 3.8) is 0 Å². The van der Waals surface area contributed by atoms with Gasteiger partial charge in [0.2, 0.25) is 21.8 Å². The first-order valence-electron chi connectivity index (χ1n) is 5.72. The second-order valence-corrected chi connectivity index (χ2v) is 5.66. The van der Waals surface area contributed by atoms with Crippen LogP contribution in [0.5, 0.6) is 0 Å². The summed E-state index contributed by atoms with van der Waals surface area (Å²) >= 11 is 0. The van der Waals surface area contributed by atoms with E-state index in [0.29, 0.717) is 0 Å². The minimum Gasteiger partial charge on any atom is -0.267 e. The summed E-state index contributed by atoms with van der Waals surface area (Å²) in [5.41, 5.74) is -0.00380. The highest BCUT2D eigenvalue weighted by molar-refractivity contribution is 7.86. The van der Waals surface area contributed by atoms with Gasteiger partial charge < -0.3 is 0 Å². The lowest BCUT2D eigenvalue weighted by Crippen LogP contribution is -2.27. The highest BCUT2D eigenvalue weighted by atomic mass is 32.2. The average Bonchev–Trinajstić information content (AvgIpc) is 2.50. The van der Waals surface area contributed by atoms with Crippen molar-refractivity contribution in [1.29, 1.82) is 0 Å². The molecule has 0 spiro atoms. The van der Waals surface area contributed by atoms with Crippen molar-refractivity contribution >= 4 is 27.7 Å². The molecule has 6 nitrogen and oxygen atoms in total. The van der Waals surface area contributed by atoms with E-state index in [1.807, 2.05) is 36.4 Å². The molecule has 0 aliphatic carbocycles. The van der Waals surface area contributed by atoms with Gasteiger partial charge in [0.25, 0.3) is 5.91 Å². The van der Waals surface area contributed by atoms with Crippen LogP contribution >= 0.6 is 0 Å². The van der Waals surface area contributed by atoms with Crippen molar-refractivity contribution in [2.24, 2.45) is 0 Å². The van der Waals surface area contributed by atoms with E-state index in [2.05, 4.69) is 0 Å². The molecular formula is C13H13NO5S2. The third-order valence-corrected chi connectivity index (χ3v) is 4.04. The Balaban J connectivity index is 0.000000304. The van der Waals surface area contributed by atoms with Gasteiger partial charge in [0, 0.05) is 5.56 Å². The van der Waals surface area contributed by atoms with E-state index in [1.165, 1.54) is 24.3 Å². The summed E-state index contributed by atoms with van der Waals surface area (Å²) in [6, 6.07) is 19.3. The van der Waals surface area contributed by atoms with Crippen molar-refractivity contribution in [1.82, 2.24) is 3.71 Å². The molecule has 0 bridgehead atoms. The summed E-state index contributed by atoms with van der Waals surface area (Å²) in [5, 5.41) is 0. The molecule has 21 heavy (non-hydrogen) atoms. The van der Waals surface area contributed by atoms with Gasteiger partial charge in [-0.2, -0.15) is 0 Å². The van der Waals surface area contributed by atoms with Gasteiger partial charge in [0.15, 0.2) is 0 Å². The van der Waals surface area contributed by atoms with Crippen LogP contribution in [-0.2, 0) is 21.8 Å². The lowest BCUT2D eigenvalue weighted by atomic mass is 10.2. The number of rotatable bonds is 3. The number of hydrogen-bond acceptors (Lipinski definition) is 5. The van der Waals surface area contributed by atoms with Crippen LogP contribution in [0.3, 0.4) is 0 Å². The molecular weight excluding hydrogens is 314 g/mol. The summed E-state index contributed by atoms with van der Waals surface area (Å²) in [6.07, 6.45) is 0. The van der Waals surface area contributed by atoms with E-state index in [-0.39, 0.29) is 9.27 Å². The van der Waals surface area contributed by atoms with Gasteiger partial charge in [-0.05, 0) is 12.1 Å². The first-order chi connectivity index (χ1) is 10.0. The van der Waals surface area contributed by atoms with Crippen molar-refractivity contribution in [2.45, 2.75) is 0 Å². The lowest BCUT2D eigenvalue weighted by Gasteiger charge is -2.06. The molecule has 0 fully saturated rings. The summed E-state index contributed by atoms with van der Waals surface area (Å²) in [4.78, 5) is 11.4. The van der Waals surface area contributed by atoms with Crippen LogP contribution in [-0.4, -0.2) is 26.5 Å². The Morgan fingerprint density at radius 1 is 0.667 bits per heavy atom. The topological polar surface area (TPSA) is 88.6 Å². The third-order valence-electron chi connectivity index (χ3n) is 2.18. The fraction of sp³-hybridized carbons (Fsp3) is 0. The van der Waals surface area contributed by atoms with Crippen molar-refractivity contribution < 1.29 is 21.6 Å². The van der Waals surface area contributed by atoms with Gasteiger partial charge in [-0.15, -0.1) is 3.71 Å². The normalized spacial score (nSPS) is 9.81. The maximum atomic E-state index is 11.4. The largest absolute Gasteiger partial charge is 0.281 e. The van der Waals surface area contributed by atoms with E-state index < -0.39 is 27.7 Å². The standard InChI is InChI=1S/C7H7NO5S2.C6H6/c9-7(6-4-2-1-3-5-6)8(14(10)11)15(12)13;1-2-4-6-5-3-1/h1-5,14-15H;1-6H. The van der Waals surface area contributed by atoms with Crippen molar-refractivity contribution in [3.8, 4) is 0 Å². The van der Waals surface area contributed by atoms with Crippen LogP contribution in [0.15, 0.2) is 66.7 Å². The van der Waals surface area contributed by atoms with Gasteiger partial charge in [-0.3, -0.25) is 4.79 Å². The minimum absolute atomic E-state index is 0.00380. The number of benzene rings is 2. The SMILES string of the molecule is O=C(c1ccccc1)N([SH](=O)=O)[SH](=O)=O.c1ccccc1. The zero-order valence-corrected chi connectivity index (χ0v) is 12.5. The van der Waals surface area contributed by atoms with Crippen LogP contribution in [0.2, 0.25) is 0 Å². The molecule has 0 unspecified atom stereocenters. The predicted molar refractivity (Wildman–Crippen MR) is 79.7 cm³/mol. The lowest BCUT2D eigenvalue weighted by molar-refractivity contribution is 0.0926. The van der Waals surface area contributed by atoms with E-state index in [0.717, 1.165) is 0 Å². The minimum atomic E-state index is -3.48. The molecule has 112 valence electrons. The average molecular weight is 327 g/mol. The monoisotopic (exact) mass is 327 g/mol. The quantitative estimate of drug-likeness (QED) is 0.817. The molecule has 8 heteroatoms. The number of carbonyl (C=O) groups excluding carboxylic acids is 1. The van der Waals surface area contributed by atoms with Crippen LogP contribution in [0, 0.1) is 0 Å². The van der Waals surface area contributed by atoms with E-state index in [1.54, 1.807) is 6.07 Å². The summed E-state index contributed by atoms with van der Waals surface area (Å²) < 4.78 is 41.9. The highest BCUT2D eigenvalue weighted by Crippen LogP contribution is 2.04. The number of thiol groups is 2. The summed E-state index contributed by atoms with van der Waals surface area (Å²) in [6.45, 7) is 0. The molecule has 0 atom stereocenters. The Bertz CT molecular complexity index is 647. The fourth-order valence-corrected chi connectivity index (χ4v) is 2.29. The highest BCUT2D eigenvalue weighted by Gasteiger charge is 2.19. The Hall–Kier alpha value is -2.19.